The highest BCUT2D eigenvalue weighted by Gasteiger charge is 2.45. The molecule has 1 atom stereocenters. The van der Waals surface area contributed by atoms with Gasteiger partial charge in [-0.2, -0.15) is 13.2 Å². The fraction of sp³-hybridized carbons (Fsp3) is 0.250. The summed E-state index contributed by atoms with van der Waals surface area (Å²) in [5.74, 6) is -3.51. The van der Waals surface area contributed by atoms with E-state index in [1.165, 1.54) is 0 Å². The summed E-state index contributed by atoms with van der Waals surface area (Å²) in [4.78, 5) is 33.3. The Hall–Kier alpha value is -2.36. The van der Waals surface area contributed by atoms with Gasteiger partial charge in [-0.3, -0.25) is 19.7 Å². The SMILES string of the molecule is CC(=O)C1C(=O)c2c(C(F)(F)F)ccc([N+](=O)[O-])c2NC1=S. The summed E-state index contributed by atoms with van der Waals surface area (Å²) in [6.45, 7) is 1.01. The van der Waals surface area contributed by atoms with Crippen LogP contribution in [-0.2, 0) is 11.0 Å². The average Bonchev–Trinajstić information content (AvgIpc) is 2.35. The van der Waals surface area contributed by atoms with Gasteiger partial charge in [0.25, 0.3) is 5.69 Å². The lowest BCUT2D eigenvalue weighted by atomic mass is 9.86. The van der Waals surface area contributed by atoms with E-state index >= 15 is 0 Å². The molecule has 2 rings (SSSR count). The van der Waals surface area contributed by atoms with Gasteiger partial charge < -0.3 is 5.32 Å². The van der Waals surface area contributed by atoms with Crippen molar-refractivity contribution in [3.05, 3.63) is 33.4 Å². The van der Waals surface area contributed by atoms with E-state index in [4.69, 9.17) is 12.2 Å². The molecule has 0 radical (unpaired) electrons. The van der Waals surface area contributed by atoms with E-state index in [2.05, 4.69) is 5.32 Å². The quantitative estimate of drug-likeness (QED) is 0.388. The summed E-state index contributed by atoms with van der Waals surface area (Å²) in [5, 5.41) is 13.2. The molecule has 1 aromatic carbocycles. The third kappa shape index (κ3) is 2.45. The molecule has 1 unspecified atom stereocenters. The number of rotatable bonds is 2. The van der Waals surface area contributed by atoms with Crippen molar-refractivity contribution in [1.82, 2.24) is 0 Å². The van der Waals surface area contributed by atoms with Gasteiger partial charge >= 0.3 is 6.18 Å². The maximum Gasteiger partial charge on any atom is 0.417 e. The molecule has 22 heavy (non-hydrogen) atoms. The number of hydrogen-bond acceptors (Lipinski definition) is 5. The topological polar surface area (TPSA) is 89.3 Å². The summed E-state index contributed by atoms with van der Waals surface area (Å²) in [7, 11) is 0. The smallest absolute Gasteiger partial charge is 0.343 e. The first-order chi connectivity index (χ1) is 10.1. The fourth-order valence-corrected chi connectivity index (χ4v) is 2.57. The molecular formula is C12H7F3N2O4S. The van der Waals surface area contributed by atoms with Crippen molar-refractivity contribution in [2.45, 2.75) is 13.1 Å². The van der Waals surface area contributed by atoms with Crippen LogP contribution in [0.3, 0.4) is 0 Å². The Balaban J connectivity index is 2.82. The lowest BCUT2D eigenvalue weighted by Gasteiger charge is -2.26. The number of nitrogens with one attached hydrogen (secondary N) is 1. The predicted octanol–water partition coefficient (Wildman–Crippen LogP) is 2.75. The highest BCUT2D eigenvalue weighted by atomic mass is 32.1. The summed E-state index contributed by atoms with van der Waals surface area (Å²) >= 11 is 4.78. The minimum absolute atomic E-state index is 0.354. The van der Waals surface area contributed by atoms with Crippen LogP contribution in [0.4, 0.5) is 24.5 Å². The van der Waals surface area contributed by atoms with Crippen LogP contribution >= 0.6 is 12.2 Å². The van der Waals surface area contributed by atoms with Crippen LogP contribution in [0.1, 0.15) is 22.8 Å². The van der Waals surface area contributed by atoms with Gasteiger partial charge in [-0.05, 0) is 13.0 Å². The maximum atomic E-state index is 13.0. The summed E-state index contributed by atoms with van der Waals surface area (Å²) in [6.07, 6.45) is -4.91. The van der Waals surface area contributed by atoms with Gasteiger partial charge in [-0.1, -0.05) is 12.2 Å². The molecule has 116 valence electrons. The van der Waals surface area contributed by atoms with Crippen LogP contribution in [0.2, 0.25) is 0 Å². The van der Waals surface area contributed by atoms with Crippen LogP contribution in [0.5, 0.6) is 0 Å². The molecule has 1 N–H and O–H groups in total. The number of nitro benzene ring substituents is 1. The molecular weight excluding hydrogens is 325 g/mol. The van der Waals surface area contributed by atoms with Crippen molar-refractivity contribution < 1.29 is 27.7 Å². The highest BCUT2D eigenvalue weighted by Crippen LogP contribution is 2.42. The van der Waals surface area contributed by atoms with E-state index in [0.29, 0.717) is 12.1 Å². The third-order valence-electron chi connectivity index (χ3n) is 3.11. The van der Waals surface area contributed by atoms with Crippen LogP contribution in [-0.4, -0.2) is 21.5 Å². The summed E-state index contributed by atoms with van der Waals surface area (Å²) < 4.78 is 39.1. The number of Topliss-reactive ketones (excluding diaryl/α,β-unsaturated/α-hetero) is 2. The third-order valence-corrected chi connectivity index (χ3v) is 3.45. The largest absolute Gasteiger partial charge is 0.417 e. The molecule has 0 spiro atoms. The van der Waals surface area contributed by atoms with E-state index in [1.807, 2.05) is 0 Å². The molecule has 0 bridgehead atoms. The number of carbonyl (C=O) groups is 2. The van der Waals surface area contributed by atoms with Crippen LogP contribution in [0, 0.1) is 16.0 Å². The Bertz CT molecular complexity index is 730. The molecule has 0 aliphatic carbocycles. The molecule has 0 saturated carbocycles. The van der Waals surface area contributed by atoms with Crippen molar-refractivity contribution in [2.75, 3.05) is 5.32 Å². The fourth-order valence-electron chi connectivity index (χ4n) is 2.19. The van der Waals surface area contributed by atoms with Crippen molar-refractivity contribution in [1.29, 1.82) is 0 Å². The minimum atomic E-state index is -4.91. The second-order valence-electron chi connectivity index (χ2n) is 4.53. The van der Waals surface area contributed by atoms with Gasteiger partial charge in [0.05, 0.1) is 21.0 Å². The zero-order chi connectivity index (χ0) is 16.8. The standard InChI is InChI=1S/C12H7F3N2O4S/c1-4(18)7-10(19)8-5(12(13,14)15)2-3-6(17(20)21)9(8)16-11(7)22/h2-3,7H,1H3,(H,16,22). The Morgan fingerprint density at radius 3 is 2.45 bits per heavy atom. The van der Waals surface area contributed by atoms with Gasteiger partial charge in [0.15, 0.2) is 5.78 Å². The van der Waals surface area contributed by atoms with Crippen LogP contribution in [0.15, 0.2) is 12.1 Å². The van der Waals surface area contributed by atoms with E-state index in [1.54, 1.807) is 0 Å². The second kappa shape index (κ2) is 5.13. The first-order valence-electron chi connectivity index (χ1n) is 5.79. The van der Waals surface area contributed by atoms with E-state index in [0.717, 1.165) is 6.92 Å². The number of nitro groups is 1. The van der Waals surface area contributed by atoms with Gasteiger partial charge in [-0.15, -0.1) is 0 Å². The van der Waals surface area contributed by atoms with Gasteiger partial charge in [0.1, 0.15) is 17.4 Å². The minimum Gasteiger partial charge on any atom is -0.343 e. The summed E-state index contributed by atoms with van der Waals surface area (Å²) in [5.41, 5.74) is -3.64. The number of nitrogens with zero attached hydrogens (tertiary/aromatic N) is 1. The van der Waals surface area contributed by atoms with E-state index < -0.39 is 51.1 Å². The Morgan fingerprint density at radius 2 is 2.00 bits per heavy atom. The highest BCUT2D eigenvalue weighted by molar-refractivity contribution is 7.80. The number of benzene rings is 1. The molecule has 1 heterocycles. The molecule has 1 aliphatic heterocycles. The Kier molecular flexibility index (Phi) is 3.73. The zero-order valence-corrected chi connectivity index (χ0v) is 11.7. The number of alkyl halides is 3. The summed E-state index contributed by atoms with van der Waals surface area (Å²) in [6, 6.07) is 1.08. The van der Waals surface area contributed by atoms with Gasteiger partial charge in [-0.25, -0.2) is 0 Å². The van der Waals surface area contributed by atoms with Crippen LogP contribution in [0.25, 0.3) is 0 Å². The number of halogens is 3. The normalized spacial score (nSPS) is 17.7. The Morgan fingerprint density at radius 1 is 1.41 bits per heavy atom. The number of thiocarbonyl (C=S) groups is 1. The molecule has 1 aliphatic rings. The number of hydrogen-bond donors (Lipinski definition) is 1. The second-order valence-corrected chi connectivity index (χ2v) is 4.97. The van der Waals surface area contributed by atoms with Crippen molar-refractivity contribution in [3.63, 3.8) is 0 Å². The molecule has 0 fully saturated rings. The molecule has 0 saturated heterocycles. The Labute approximate surface area is 126 Å². The average molecular weight is 332 g/mol. The molecule has 0 aromatic heterocycles. The van der Waals surface area contributed by atoms with Crippen molar-refractivity contribution in [2.24, 2.45) is 5.92 Å². The predicted molar refractivity (Wildman–Crippen MR) is 72.8 cm³/mol. The first kappa shape index (κ1) is 16.0. The number of fused-ring (bicyclic) bond motifs is 1. The maximum absolute atomic E-state index is 13.0. The molecule has 6 nitrogen and oxygen atoms in total. The van der Waals surface area contributed by atoms with Crippen molar-refractivity contribution >= 4 is 40.1 Å². The number of ketones is 2. The molecule has 1 aromatic rings. The lowest BCUT2D eigenvalue weighted by Crippen LogP contribution is -2.40. The number of carbonyl (C=O) groups excluding carboxylic acids is 2. The van der Waals surface area contributed by atoms with E-state index in [-0.39, 0.29) is 4.99 Å². The monoisotopic (exact) mass is 332 g/mol. The van der Waals surface area contributed by atoms with E-state index in [9.17, 15) is 32.9 Å². The lowest BCUT2D eigenvalue weighted by molar-refractivity contribution is -0.384. The van der Waals surface area contributed by atoms with Crippen molar-refractivity contribution in [3.8, 4) is 0 Å². The number of anilines is 1. The molecule has 10 heteroatoms. The van der Waals surface area contributed by atoms with Gasteiger partial charge in [0.2, 0.25) is 0 Å². The first-order valence-corrected chi connectivity index (χ1v) is 6.20. The zero-order valence-electron chi connectivity index (χ0n) is 10.9. The molecule has 0 amide bonds. The van der Waals surface area contributed by atoms with Crippen LogP contribution < -0.4 is 5.32 Å². The van der Waals surface area contributed by atoms with Gasteiger partial charge in [0, 0.05) is 6.07 Å².